The quantitative estimate of drug-likeness (QED) is 0.499. The zero-order chi connectivity index (χ0) is 13.8. The van der Waals surface area contributed by atoms with Gasteiger partial charge < -0.3 is 0 Å². The molecule has 0 radical (unpaired) electrons. The minimum atomic E-state index is 0.347. The zero-order valence-corrected chi connectivity index (χ0v) is 12.8. The molecule has 0 unspecified atom stereocenters. The van der Waals surface area contributed by atoms with Gasteiger partial charge in [-0.2, -0.15) is 5.26 Å². The Kier molecular flexibility index (Phi) is 4.66. The van der Waals surface area contributed by atoms with Crippen LogP contribution in [0, 0.1) is 11.3 Å². The lowest BCUT2D eigenvalue weighted by Crippen LogP contribution is -1.87. The minimum absolute atomic E-state index is 0.347. The topological polar surface area (TPSA) is 23.8 Å². The average molecular weight is 353 g/mol. The number of nitriles is 1. The molecule has 94 valence electrons. The molecule has 4 heteroatoms. The maximum atomic E-state index is 9.32. The number of halogens is 3. The molecule has 0 saturated heterocycles. The highest BCUT2D eigenvalue weighted by Crippen LogP contribution is 2.34. The van der Waals surface area contributed by atoms with Gasteiger partial charge in [0.05, 0.1) is 10.6 Å². The lowest BCUT2D eigenvalue weighted by atomic mass is 10.0. The van der Waals surface area contributed by atoms with E-state index in [9.17, 15) is 5.26 Å². The molecule has 0 heterocycles. The van der Waals surface area contributed by atoms with Gasteiger partial charge in [0.15, 0.2) is 0 Å². The van der Waals surface area contributed by atoms with Crippen molar-refractivity contribution in [2.45, 2.75) is 0 Å². The van der Waals surface area contributed by atoms with Crippen LogP contribution < -0.4 is 0 Å². The maximum absolute atomic E-state index is 9.32. The second kappa shape index (κ2) is 6.25. The molecular formula is C15H8BrCl2N. The average Bonchev–Trinajstić information content (AvgIpc) is 2.43. The predicted octanol–water partition coefficient (Wildman–Crippen LogP) is 5.73. The van der Waals surface area contributed by atoms with Gasteiger partial charge >= 0.3 is 0 Å². The molecule has 0 aliphatic carbocycles. The monoisotopic (exact) mass is 351 g/mol. The van der Waals surface area contributed by atoms with Gasteiger partial charge in [0.25, 0.3) is 0 Å². The largest absolute Gasteiger partial charge is 0.192 e. The summed E-state index contributed by atoms with van der Waals surface area (Å²) >= 11 is 15.8. The van der Waals surface area contributed by atoms with E-state index in [4.69, 9.17) is 23.2 Å². The highest BCUT2D eigenvalue weighted by Gasteiger charge is 2.12. The van der Waals surface area contributed by atoms with Crippen LogP contribution in [0.15, 0.2) is 53.0 Å². The summed E-state index contributed by atoms with van der Waals surface area (Å²) in [6.07, 6.45) is 0. The van der Waals surface area contributed by atoms with Gasteiger partial charge in [-0.15, -0.1) is 0 Å². The van der Waals surface area contributed by atoms with Crippen LogP contribution in [0.25, 0.3) is 10.6 Å². The third-order valence-corrected chi connectivity index (χ3v) is 3.77. The Morgan fingerprint density at radius 1 is 1.11 bits per heavy atom. The Morgan fingerprint density at radius 3 is 2.42 bits per heavy atom. The number of rotatable bonds is 2. The van der Waals surface area contributed by atoms with E-state index in [0.717, 1.165) is 10.0 Å². The molecule has 19 heavy (non-hydrogen) atoms. The van der Waals surface area contributed by atoms with Crippen molar-refractivity contribution in [3.8, 4) is 6.07 Å². The summed E-state index contributed by atoms with van der Waals surface area (Å²) in [5.41, 5.74) is 1.81. The van der Waals surface area contributed by atoms with Crippen LogP contribution in [0.3, 0.4) is 0 Å². The number of hydrogen-bond donors (Lipinski definition) is 0. The molecule has 0 fully saturated rings. The van der Waals surface area contributed by atoms with Crippen molar-refractivity contribution in [1.82, 2.24) is 0 Å². The first-order valence-corrected chi connectivity index (χ1v) is 6.99. The lowest BCUT2D eigenvalue weighted by molar-refractivity contribution is 1.52. The van der Waals surface area contributed by atoms with Crippen LogP contribution in [0.5, 0.6) is 0 Å². The highest BCUT2D eigenvalue weighted by atomic mass is 79.9. The minimum Gasteiger partial charge on any atom is -0.192 e. The number of hydrogen-bond acceptors (Lipinski definition) is 1. The number of allylic oxidation sites excluding steroid dienone is 1. The number of benzene rings is 2. The fourth-order valence-corrected chi connectivity index (χ4v) is 2.57. The van der Waals surface area contributed by atoms with Crippen molar-refractivity contribution in [2.75, 3.05) is 0 Å². The lowest BCUT2D eigenvalue weighted by Gasteiger charge is -2.07. The molecule has 0 aliphatic heterocycles. The van der Waals surface area contributed by atoms with Gasteiger partial charge in [0.2, 0.25) is 0 Å². The standard InChI is InChI=1S/C15H8BrCl2N/c16-11-6-7-14(17)12(8-11)15(18)13(9-19)10-4-2-1-3-5-10/h1-8H/b15-13-. The molecular weight excluding hydrogens is 345 g/mol. The van der Waals surface area contributed by atoms with Crippen molar-refractivity contribution in [3.63, 3.8) is 0 Å². The molecule has 0 bridgehead atoms. The van der Waals surface area contributed by atoms with Crippen molar-refractivity contribution >= 4 is 49.7 Å². The smallest absolute Gasteiger partial charge is 0.101 e. The normalized spacial score (nSPS) is 11.7. The van der Waals surface area contributed by atoms with E-state index >= 15 is 0 Å². The van der Waals surface area contributed by atoms with E-state index < -0.39 is 0 Å². The van der Waals surface area contributed by atoms with Crippen molar-refractivity contribution in [2.24, 2.45) is 0 Å². The Labute approximate surface area is 130 Å². The molecule has 0 spiro atoms. The second-order valence-corrected chi connectivity index (χ2v) is 5.49. The third-order valence-electron chi connectivity index (χ3n) is 2.56. The predicted molar refractivity (Wildman–Crippen MR) is 83.9 cm³/mol. The van der Waals surface area contributed by atoms with Crippen LogP contribution in [-0.2, 0) is 0 Å². The fourth-order valence-electron chi connectivity index (χ4n) is 1.65. The second-order valence-electron chi connectivity index (χ2n) is 3.79. The molecule has 0 amide bonds. The summed E-state index contributed by atoms with van der Waals surface area (Å²) in [7, 11) is 0. The van der Waals surface area contributed by atoms with Crippen LogP contribution in [0.4, 0.5) is 0 Å². The van der Waals surface area contributed by atoms with Gasteiger partial charge in [-0.1, -0.05) is 69.5 Å². The first-order chi connectivity index (χ1) is 9.13. The molecule has 0 atom stereocenters. The molecule has 0 aliphatic rings. The third kappa shape index (κ3) is 3.19. The van der Waals surface area contributed by atoms with Gasteiger partial charge in [-0.3, -0.25) is 0 Å². The molecule has 0 N–H and O–H groups in total. The van der Waals surface area contributed by atoms with Crippen molar-refractivity contribution in [1.29, 1.82) is 5.26 Å². The van der Waals surface area contributed by atoms with E-state index in [0.29, 0.717) is 21.2 Å². The van der Waals surface area contributed by atoms with Gasteiger partial charge in [-0.25, -0.2) is 0 Å². The Bertz CT molecular complexity index is 672. The van der Waals surface area contributed by atoms with Crippen LogP contribution in [-0.4, -0.2) is 0 Å². The first-order valence-electron chi connectivity index (χ1n) is 5.44. The highest BCUT2D eigenvalue weighted by molar-refractivity contribution is 9.10. The summed E-state index contributed by atoms with van der Waals surface area (Å²) in [6, 6.07) is 16.8. The molecule has 2 rings (SSSR count). The molecule has 1 nitrogen and oxygen atoms in total. The SMILES string of the molecule is N#C/C(=C(/Cl)c1cc(Br)ccc1Cl)c1ccccc1. The van der Waals surface area contributed by atoms with E-state index in [1.807, 2.05) is 36.4 Å². The van der Waals surface area contributed by atoms with Gasteiger partial charge in [-0.05, 0) is 23.8 Å². The van der Waals surface area contributed by atoms with E-state index in [-0.39, 0.29) is 0 Å². The van der Waals surface area contributed by atoms with Crippen LogP contribution in [0.2, 0.25) is 5.02 Å². The first kappa shape index (κ1) is 14.1. The molecule has 2 aromatic carbocycles. The Morgan fingerprint density at radius 2 is 1.79 bits per heavy atom. The van der Waals surface area contributed by atoms with Gasteiger partial charge in [0, 0.05) is 15.1 Å². The summed E-state index contributed by atoms with van der Waals surface area (Å²) in [5.74, 6) is 0. The van der Waals surface area contributed by atoms with Crippen LogP contribution in [0.1, 0.15) is 11.1 Å². The summed E-state index contributed by atoms with van der Waals surface area (Å²) in [4.78, 5) is 0. The molecule has 2 aromatic rings. The molecule has 0 saturated carbocycles. The van der Waals surface area contributed by atoms with E-state index in [1.54, 1.807) is 12.1 Å². The fraction of sp³-hybridized carbons (Fsp3) is 0. The van der Waals surface area contributed by atoms with Crippen molar-refractivity contribution < 1.29 is 0 Å². The summed E-state index contributed by atoms with van der Waals surface area (Å²) in [5, 5.41) is 10.2. The van der Waals surface area contributed by atoms with Crippen LogP contribution >= 0.6 is 39.1 Å². The maximum Gasteiger partial charge on any atom is 0.101 e. The Hall–Kier alpha value is -1.27. The van der Waals surface area contributed by atoms with Crippen molar-refractivity contribution in [3.05, 3.63) is 69.2 Å². The zero-order valence-electron chi connectivity index (χ0n) is 9.70. The summed E-state index contributed by atoms with van der Waals surface area (Å²) in [6.45, 7) is 0. The van der Waals surface area contributed by atoms with E-state index in [1.165, 1.54) is 0 Å². The summed E-state index contributed by atoms with van der Waals surface area (Å²) < 4.78 is 0.857. The molecule has 0 aromatic heterocycles. The Balaban J connectivity index is 2.62. The number of nitrogens with zero attached hydrogens (tertiary/aromatic N) is 1. The van der Waals surface area contributed by atoms with Gasteiger partial charge in [0.1, 0.15) is 6.07 Å². The van der Waals surface area contributed by atoms with E-state index in [2.05, 4.69) is 22.0 Å².